The highest BCUT2D eigenvalue weighted by Crippen LogP contribution is 2.13. The number of nitrogens with zero attached hydrogens (tertiary/aromatic N) is 3. The van der Waals surface area contributed by atoms with Crippen molar-refractivity contribution in [1.82, 2.24) is 14.3 Å². The summed E-state index contributed by atoms with van der Waals surface area (Å²) >= 11 is 6.01. The molecule has 23 heavy (non-hydrogen) atoms. The van der Waals surface area contributed by atoms with E-state index in [0.29, 0.717) is 12.2 Å². The second-order valence-electron chi connectivity index (χ2n) is 5.82. The third-order valence-corrected chi connectivity index (χ3v) is 3.87. The molecule has 0 aliphatic heterocycles. The number of benzene rings is 1. The number of aryl methyl sites for hydroxylation is 1. The third-order valence-electron chi connectivity index (χ3n) is 3.63. The highest BCUT2D eigenvalue weighted by atomic mass is 35.5. The van der Waals surface area contributed by atoms with E-state index in [9.17, 15) is 4.79 Å². The highest BCUT2D eigenvalue weighted by molar-refractivity contribution is 6.30. The topological polar surface area (TPSA) is 37.6 Å². The molecule has 4 nitrogen and oxygen atoms in total. The smallest absolute Gasteiger partial charge is 0.258 e. The van der Waals surface area contributed by atoms with Crippen molar-refractivity contribution in [2.75, 3.05) is 7.05 Å². The predicted octanol–water partition coefficient (Wildman–Crippen LogP) is 3.29. The summed E-state index contributed by atoms with van der Waals surface area (Å²) in [4.78, 5) is 18.9. The molecule has 3 rings (SSSR count). The Morgan fingerprint density at radius 2 is 2.00 bits per heavy atom. The molecule has 0 bridgehead atoms. The Labute approximate surface area is 140 Å². The fraction of sp³-hybridized carbons (Fsp3) is 0.222. The van der Waals surface area contributed by atoms with Crippen LogP contribution in [0.25, 0.3) is 5.65 Å². The van der Waals surface area contributed by atoms with E-state index in [1.54, 1.807) is 10.5 Å². The molecule has 0 spiro atoms. The molecule has 1 aromatic carbocycles. The zero-order valence-corrected chi connectivity index (χ0v) is 13.9. The summed E-state index contributed by atoms with van der Waals surface area (Å²) in [6, 6.07) is 13.2. The largest absolute Gasteiger partial charge is 0.296 e. The first-order valence-corrected chi connectivity index (χ1v) is 7.81. The summed E-state index contributed by atoms with van der Waals surface area (Å²) in [6.45, 7) is 3.31. The molecule has 5 heteroatoms. The first kappa shape index (κ1) is 15.7. The zero-order valence-electron chi connectivity index (χ0n) is 13.2. The molecule has 3 aromatic rings. The molecule has 0 N–H and O–H groups in total. The number of hydrogen-bond donors (Lipinski definition) is 0. The zero-order chi connectivity index (χ0) is 16.4. The lowest BCUT2D eigenvalue weighted by atomic mass is 10.2. The van der Waals surface area contributed by atoms with Gasteiger partial charge in [-0.15, -0.1) is 0 Å². The van der Waals surface area contributed by atoms with E-state index in [1.807, 2.05) is 56.6 Å². The number of rotatable bonds is 4. The number of fused-ring (bicyclic) bond motifs is 1. The van der Waals surface area contributed by atoms with Crippen LogP contribution >= 0.6 is 11.6 Å². The number of aromatic nitrogens is 2. The van der Waals surface area contributed by atoms with Crippen LogP contribution in [0.1, 0.15) is 16.8 Å². The molecular weight excluding hydrogens is 310 g/mol. The molecule has 2 aromatic heterocycles. The second kappa shape index (κ2) is 6.52. The number of pyridine rings is 1. The molecule has 2 heterocycles. The maximum atomic E-state index is 12.2. The van der Waals surface area contributed by atoms with Gasteiger partial charge in [0.15, 0.2) is 0 Å². The van der Waals surface area contributed by atoms with E-state index in [0.717, 1.165) is 28.4 Å². The molecule has 118 valence electrons. The van der Waals surface area contributed by atoms with Crippen LogP contribution in [0, 0.1) is 6.92 Å². The van der Waals surface area contributed by atoms with Gasteiger partial charge in [-0.25, -0.2) is 4.98 Å². The van der Waals surface area contributed by atoms with Crippen LogP contribution in [-0.2, 0) is 13.1 Å². The van der Waals surface area contributed by atoms with Crippen molar-refractivity contribution in [3.63, 3.8) is 0 Å². The minimum absolute atomic E-state index is 0.0511. The molecular formula is C18H18ClN3O. The van der Waals surface area contributed by atoms with Crippen molar-refractivity contribution >= 4 is 17.2 Å². The van der Waals surface area contributed by atoms with Crippen LogP contribution in [0.2, 0.25) is 5.02 Å². The lowest BCUT2D eigenvalue weighted by molar-refractivity contribution is 0.315. The third kappa shape index (κ3) is 3.78. The summed E-state index contributed by atoms with van der Waals surface area (Å²) in [5.74, 6) is 0. The lowest BCUT2D eigenvalue weighted by Gasteiger charge is -2.16. The van der Waals surface area contributed by atoms with Crippen LogP contribution in [-0.4, -0.2) is 21.3 Å². The Morgan fingerprint density at radius 1 is 1.17 bits per heavy atom. The van der Waals surface area contributed by atoms with E-state index >= 15 is 0 Å². The number of halogens is 1. The molecule has 0 fully saturated rings. The molecule has 0 aliphatic rings. The summed E-state index contributed by atoms with van der Waals surface area (Å²) in [5, 5.41) is 0.730. The van der Waals surface area contributed by atoms with Crippen molar-refractivity contribution in [3.8, 4) is 0 Å². The summed E-state index contributed by atoms with van der Waals surface area (Å²) in [6.07, 6.45) is 1.81. The molecule has 0 unspecified atom stereocenters. The van der Waals surface area contributed by atoms with E-state index in [-0.39, 0.29) is 5.56 Å². The Morgan fingerprint density at radius 3 is 2.78 bits per heavy atom. The van der Waals surface area contributed by atoms with Gasteiger partial charge < -0.3 is 0 Å². The van der Waals surface area contributed by atoms with Crippen molar-refractivity contribution in [2.24, 2.45) is 0 Å². The van der Waals surface area contributed by atoms with Crippen LogP contribution in [0.3, 0.4) is 0 Å². The monoisotopic (exact) mass is 327 g/mol. The van der Waals surface area contributed by atoms with Gasteiger partial charge in [-0.3, -0.25) is 14.1 Å². The molecule has 0 amide bonds. The van der Waals surface area contributed by atoms with Crippen LogP contribution in [0.4, 0.5) is 0 Å². The van der Waals surface area contributed by atoms with Crippen LogP contribution in [0.5, 0.6) is 0 Å². The van der Waals surface area contributed by atoms with E-state index in [1.165, 1.54) is 0 Å². The molecule has 0 saturated carbocycles. The highest BCUT2D eigenvalue weighted by Gasteiger charge is 2.07. The van der Waals surface area contributed by atoms with Gasteiger partial charge in [0.25, 0.3) is 5.56 Å². The maximum absolute atomic E-state index is 12.2. The van der Waals surface area contributed by atoms with E-state index in [4.69, 9.17) is 11.6 Å². The Hall–Kier alpha value is -2.17. The van der Waals surface area contributed by atoms with Gasteiger partial charge in [-0.1, -0.05) is 29.8 Å². The second-order valence-corrected chi connectivity index (χ2v) is 6.26. The molecule has 0 saturated heterocycles. The van der Waals surface area contributed by atoms with Gasteiger partial charge in [-0.2, -0.15) is 0 Å². The van der Waals surface area contributed by atoms with E-state index < -0.39 is 0 Å². The Kier molecular flexibility index (Phi) is 4.46. The van der Waals surface area contributed by atoms with Crippen molar-refractivity contribution < 1.29 is 0 Å². The van der Waals surface area contributed by atoms with E-state index in [2.05, 4.69) is 9.88 Å². The SMILES string of the molecule is Cc1ccc2nc(CN(C)Cc3cccc(Cl)c3)cc(=O)n2c1. The van der Waals surface area contributed by atoms with Gasteiger partial charge in [0.2, 0.25) is 0 Å². The molecule has 0 aliphatic carbocycles. The minimum Gasteiger partial charge on any atom is -0.296 e. The fourth-order valence-electron chi connectivity index (χ4n) is 2.62. The van der Waals surface area contributed by atoms with Gasteiger partial charge in [0.1, 0.15) is 5.65 Å². The Balaban J connectivity index is 1.81. The van der Waals surface area contributed by atoms with Crippen molar-refractivity contribution in [3.05, 3.63) is 80.9 Å². The first-order valence-electron chi connectivity index (χ1n) is 7.43. The Bertz CT molecular complexity index is 904. The standard InChI is InChI=1S/C18H18ClN3O/c1-13-6-7-17-20-16(9-18(23)22(17)10-13)12-21(2)11-14-4-3-5-15(19)8-14/h3-10H,11-12H2,1-2H3. The predicted molar refractivity (Wildman–Crippen MR) is 92.8 cm³/mol. The van der Waals surface area contributed by atoms with Crippen LogP contribution < -0.4 is 5.56 Å². The van der Waals surface area contributed by atoms with Gasteiger partial charge in [-0.05, 0) is 43.3 Å². The van der Waals surface area contributed by atoms with Gasteiger partial charge in [0, 0.05) is 30.4 Å². The summed E-state index contributed by atoms with van der Waals surface area (Å²) in [7, 11) is 2.00. The van der Waals surface area contributed by atoms with Crippen molar-refractivity contribution in [2.45, 2.75) is 20.0 Å². The quantitative estimate of drug-likeness (QED) is 0.738. The fourth-order valence-corrected chi connectivity index (χ4v) is 2.83. The average Bonchev–Trinajstić information content (AvgIpc) is 2.48. The molecule has 0 atom stereocenters. The number of hydrogen-bond acceptors (Lipinski definition) is 3. The summed E-state index contributed by atoms with van der Waals surface area (Å²) < 4.78 is 1.58. The normalized spacial score (nSPS) is 11.3. The molecule has 0 radical (unpaired) electrons. The first-order chi connectivity index (χ1) is 11.0. The summed E-state index contributed by atoms with van der Waals surface area (Å²) in [5.41, 5.74) is 3.56. The van der Waals surface area contributed by atoms with Crippen molar-refractivity contribution in [1.29, 1.82) is 0 Å². The minimum atomic E-state index is -0.0511. The van der Waals surface area contributed by atoms with Gasteiger partial charge >= 0.3 is 0 Å². The lowest BCUT2D eigenvalue weighted by Crippen LogP contribution is -2.22. The maximum Gasteiger partial charge on any atom is 0.258 e. The van der Waals surface area contributed by atoms with Crippen LogP contribution in [0.15, 0.2) is 53.5 Å². The van der Waals surface area contributed by atoms with Gasteiger partial charge in [0.05, 0.1) is 5.69 Å². The average molecular weight is 328 g/mol.